The Morgan fingerprint density at radius 2 is 1.42 bits per heavy atom. The van der Waals surface area contributed by atoms with Crippen molar-refractivity contribution in [2.75, 3.05) is 42.7 Å². The van der Waals surface area contributed by atoms with Gasteiger partial charge in [-0.2, -0.15) is 0 Å². The summed E-state index contributed by atoms with van der Waals surface area (Å²) in [6, 6.07) is 3.12. The number of carbonyl (C=O) groups is 1. The van der Waals surface area contributed by atoms with E-state index < -0.39 is 19.4 Å². The summed E-state index contributed by atoms with van der Waals surface area (Å²) in [5.74, 6) is -0.998. The number of esters is 1. The average molecular weight is 388 g/mol. The van der Waals surface area contributed by atoms with Crippen LogP contribution in [0.2, 0.25) is 0 Å². The lowest BCUT2D eigenvalue weighted by Gasteiger charge is -2.20. The largest absolute Gasteiger partial charge is 0.495 e. The van der Waals surface area contributed by atoms with Crippen molar-refractivity contribution >= 4 is 19.1 Å². The lowest BCUT2D eigenvalue weighted by atomic mass is 10.0. The molecule has 0 fully saturated rings. The molecule has 1 aromatic rings. The number of hydrogen-bond donors (Lipinski definition) is 0. The zero-order chi connectivity index (χ0) is 19.5. The summed E-state index contributed by atoms with van der Waals surface area (Å²) in [6.07, 6.45) is 0. The van der Waals surface area contributed by atoms with Crippen molar-refractivity contribution < 1.29 is 42.1 Å². The number of rotatable bonds is 8. The van der Waals surface area contributed by atoms with E-state index in [4.69, 9.17) is 32.7 Å². The minimum atomic E-state index is -3.76. The van der Waals surface area contributed by atoms with Crippen LogP contribution in [0, 0.1) is 0 Å². The Kier molecular flexibility index (Phi) is 6.17. The summed E-state index contributed by atoms with van der Waals surface area (Å²) in [4.78, 5) is 12.5. The zero-order valence-corrected chi connectivity index (χ0v) is 16.2. The van der Waals surface area contributed by atoms with Gasteiger partial charge in [0, 0.05) is 19.8 Å². The molecule has 0 aromatic heterocycles. The van der Waals surface area contributed by atoms with E-state index in [9.17, 15) is 9.36 Å². The number of carbonyl (C=O) groups excluding carboxylic acids is 1. The Bertz CT molecular complexity index is 738. The van der Waals surface area contributed by atoms with Crippen LogP contribution in [0.5, 0.6) is 17.2 Å². The minimum absolute atomic E-state index is 0.0244. The average Bonchev–Trinajstić information content (AvgIpc) is 3.02. The van der Waals surface area contributed by atoms with Crippen molar-refractivity contribution in [3.63, 3.8) is 0 Å². The maximum atomic E-state index is 12.7. The van der Waals surface area contributed by atoms with Crippen LogP contribution in [0.4, 0.5) is 0 Å². The second-order valence-electron chi connectivity index (χ2n) is 5.02. The Hall–Kier alpha value is -2.22. The molecule has 1 heterocycles. The van der Waals surface area contributed by atoms with Gasteiger partial charge < -0.3 is 32.7 Å². The van der Waals surface area contributed by atoms with E-state index in [1.807, 2.05) is 0 Å². The van der Waals surface area contributed by atoms with Crippen LogP contribution in [0.15, 0.2) is 17.9 Å². The highest BCUT2D eigenvalue weighted by Crippen LogP contribution is 2.58. The molecule has 0 bridgehead atoms. The molecule has 1 aliphatic rings. The Balaban J connectivity index is 2.68. The maximum absolute atomic E-state index is 12.7. The van der Waals surface area contributed by atoms with Gasteiger partial charge in [-0.3, -0.25) is 4.57 Å². The molecule has 1 atom stereocenters. The summed E-state index contributed by atoms with van der Waals surface area (Å²) in [5, 5.41) is 0. The number of cyclic esters (lactones) is 1. The third-order valence-corrected chi connectivity index (χ3v) is 5.80. The van der Waals surface area contributed by atoms with Gasteiger partial charge in [-0.15, -0.1) is 0 Å². The van der Waals surface area contributed by atoms with E-state index in [1.54, 1.807) is 12.1 Å². The van der Waals surface area contributed by atoms with Crippen molar-refractivity contribution in [2.24, 2.45) is 0 Å². The fraction of sp³-hybridized carbons (Fsp3) is 0.438. The topological polar surface area (TPSA) is 98.8 Å². The molecule has 2 rings (SSSR count). The summed E-state index contributed by atoms with van der Waals surface area (Å²) < 4.78 is 48.9. The number of benzene rings is 1. The Morgan fingerprint density at radius 3 is 1.81 bits per heavy atom. The Morgan fingerprint density at radius 1 is 0.885 bits per heavy atom. The molecule has 0 saturated heterocycles. The molecule has 0 spiro atoms. The standard InChI is InChI=1S/C16H21O9P/c1-19-10-7-9(8-11(20-2)13(10)21-3)12-14(22-4)16(25-15(12)17)26(18,23-5)24-6/h7-8,16H,1-6H3. The molecule has 26 heavy (non-hydrogen) atoms. The van der Waals surface area contributed by atoms with Gasteiger partial charge in [0.2, 0.25) is 5.75 Å². The summed E-state index contributed by atoms with van der Waals surface area (Å²) in [7, 11) is 4.33. The molecule has 1 aliphatic heterocycles. The van der Waals surface area contributed by atoms with Crippen molar-refractivity contribution in [3.05, 3.63) is 23.5 Å². The molecule has 0 radical (unpaired) electrons. The first kappa shape index (κ1) is 20.1. The van der Waals surface area contributed by atoms with E-state index in [0.29, 0.717) is 22.8 Å². The Labute approximate surface area is 151 Å². The predicted octanol–water partition coefficient (Wildman–Crippen LogP) is 2.44. The first-order valence-corrected chi connectivity index (χ1v) is 9.02. The molecule has 1 aromatic carbocycles. The number of methoxy groups -OCH3 is 4. The zero-order valence-electron chi connectivity index (χ0n) is 15.4. The fourth-order valence-electron chi connectivity index (χ4n) is 2.60. The van der Waals surface area contributed by atoms with Gasteiger partial charge in [0.1, 0.15) is 5.57 Å². The van der Waals surface area contributed by atoms with Crippen LogP contribution < -0.4 is 14.2 Å². The SMILES string of the molecule is COC1=C(c2cc(OC)c(OC)c(OC)c2)C(=O)OC1P(=O)(OC)OC. The van der Waals surface area contributed by atoms with E-state index in [1.165, 1.54) is 42.7 Å². The molecule has 1 unspecified atom stereocenters. The third-order valence-electron chi connectivity index (χ3n) is 3.86. The normalized spacial score (nSPS) is 17.2. The monoisotopic (exact) mass is 388 g/mol. The van der Waals surface area contributed by atoms with Crippen molar-refractivity contribution in [3.8, 4) is 17.2 Å². The summed E-state index contributed by atoms with van der Waals surface area (Å²) in [5.41, 5.74) is 0.439. The second kappa shape index (κ2) is 7.99. The molecule has 9 nitrogen and oxygen atoms in total. The third kappa shape index (κ3) is 3.25. The van der Waals surface area contributed by atoms with E-state index in [2.05, 4.69) is 0 Å². The molecule has 0 aliphatic carbocycles. The number of hydrogen-bond acceptors (Lipinski definition) is 9. The fourth-order valence-corrected chi connectivity index (χ4v) is 3.88. The van der Waals surface area contributed by atoms with Crippen molar-refractivity contribution in [1.29, 1.82) is 0 Å². The van der Waals surface area contributed by atoms with Gasteiger partial charge in [-0.05, 0) is 12.1 Å². The highest BCUT2D eigenvalue weighted by Gasteiger charge is 2.49. The molecule has 144 valence electrons. The van der Waals surface area contributed by atoms with Gasteiger partial charge in [-0.25, -0.2) is 4.79 Å². The van der Waals surface area contributed by atoms with Crippen LogP contribution in [0.3, 0.4) is 0 Å². The van der Waals surface area contributed by atoms with E-state index in [0.717, 1.165) is 0 Å². The second-order valence-corrected chi connectivity index (χ2v) is 7.30. The van der Waals surface area contributed by atoms with Crippen LogP contribution in [0.25, 0.3) is 5.57 Å². The van der Waals surface area contributed by atoms with Crippen LogP contribution >= 0.6 is 7.60 Å². The highest BCUT2D eigenvalue weighted by atomic mass is 31.2. The smallest absolute Gasteiger partial charge is 0.378 e. The van der Waals surface area contributed by atoms with Gasteiger partial charge in [0.15, 0.2) is 17.3 Å². The molecule has 0 amide bonds. The minimum Gasteiger partial charge on any atom is -0.495 e. The van der Waals surface area contributed by atoms with Crippen LogP contribution in [-0.2, 0) is 27.9 Å². The summed E-state index contributed by atoms with van der Waals surface area (Å²) >= 11 is 0. The van der Waals surface area contributed by atoms with Crippen molar-refractivity contribution in [1.82, 2.24) is 0 Å². The first-order valence-electron chi connectivity index (χ1n) is 7.41. The van der Waals surface area contributed by atoms with Crippen LogP contribution in [-0.4, -0.2) is 54.5 Å². The van der Waals surface area contributed by atoms with Gasteiger partial charge in [-0.1, -0.05) is 0 Å². The lowest BCUT2D eigenvalue weighted by molar-refractivity contribution is -0.136. The lowest BCUT2D eigenvalue weighted by Crippen LogP contribution is -2.15. The first-order chi connectivity index (χ1) is 12.4. The van der Waals surface area contributed by atoms with Gasteiger partial charge >= 0.3 is 13.6 Å². The van der Waals surface area contributed by atoms with Gasteiger partial charge in [0.05, 0.1) is 28.4 Å². The molecule has 0 N–H and O–H groups in total. The van der Waals surface area contributed by atoms with Gasteiger partial charge in [0.25, 0.3) is 5.85 Å². The van der Waals surface area contributed by atoms with E-state index >= 15 is 0 Å². The van der Waals surface area contributed by atoms with Crippen LogP contribution in [0.1, 0.15) is 5.56 Å². The highest BCUT2D eigenvalue weighted by molar-refractivity contribution is 7.54. The quantitative estimate of drug-likeness (QED) is 0.491. The maximum Gasteiger partial charge on any atom is 0.378 e. The molecule has 0 saturated carbocycles. The molecular formula is C16H21O9P. The van der Waals surface area contributed by atoms with Crippen molar-refractivity contribution in [2.45, 2.75) is 5.85 Å². The summed E-state index contributed by atoms with van der Waals surface area (Å²) in [6.45, 7) is 0. The molecule has 10 heteroatoms. The predicted molar refractivity (Wildman–Crippen MR) is 91.5 cm³/mol. The number of ether oxygens (including phenoxy) is 5. The van der Waals surface area contributed by atoms with E-state index in [-0.39, 0.29) is 11.3 Å². The molecular weight excluding hydrogens is 367 g/mol.